The number of ketones is 1. The molecule has 0 saturated carbocycles. The SMILES string of the molecule is COc1cc2c(cc1OC)[C@]1(O)C(=O)c3c(O)cc4c(c3O[C@@H]1CO2)C(OC)C(O)C(C)(C)O4. The molecular formula is C24H26O10. The van der Waals surface area contributed by atoms with Gasteiger partial charge in [0.1, 0.15) is 53.0 Å². The molecule has 10 nitrogen and oxygen atoms in total. The lowest BCUT2D eigenvalue weighted by atomic mass is 9.75. The predicted octanol–water partition coefficient (Wildman–Crippen LogP) is 1.85. The molecule has 2 aromatic carbocycles. The van der Waals surface area contributed by atoms with Crippen molar-refractivity contribution in [3.63, 3.8) is 0 Å². The molecule has 0 spiro atoms. The third-order valence-electron chi connectivity index (χ3n) is 6.76. The number of benzene rings is 2. The smallest absolute Gasteiger partial charge is 0.210 e. The highest BCUT2D eigenvalue weighted by molar-refractivity contribution is 6.09. The molecule has 0 amide bonds. The van der Waals surface area contributed by atoms with E-state index in [-0.39, 0.29) is 46.3 Å². The first-order valence-corrected chi connectivity index (χ1v) is 10.7. The molecule has 0 saturated heterocycles. The summed E-state index contributed by atoms with van der Waals surface area (Å²) in [5.41, 5.74) is -3.05. The number of hydrogen-bond acceptors (Lipinski definition) is 10. The molecule has 0 aliphatic carbocycles. The number of aliphatic hydroxyl groups is 2. The fourth-order valence-corrected chi connectivity index (χ4v) is 4.90. The summed E-state index contributed by atoms with van der Waals surface area (Å²) in [4.78, 5) is 13.8. The van der Waals surface area contributed by atoms with E-state index in [9.17, 15) is 20.1 Å². The second-order valence-corrected chi connectivity index (χ2v) is 9.03. The van der Waals surface area contributed by atoms with Gasteiger partial charge in [-0.05, 0) is 19.9 Å². The van der Waals surface area contributed by atoms with Crippen LogP contribution in [0.2, 0.25) is 0 Å². The molecule has 0 radical (unpaired) electrons. The fourth-order valence-electron chi connectivity index (χ4n) is 4.90. The van der Waals surface area contributed by atoms with Gasteiger partial charge in [0.15, 0.2) is 23.2 Å². The molecule has 3 N–H and O–H groups in total. The zero-order valence-corrected chi connectivity index (χ0v) is 19.4. The van der Waals surface area contributed by atoms with Crippen LogP contribution < -0.4 is 23.7 Å². The van der Waals surface area contributed by atoms with Crippen molar-refractivity contribution in [1.29, 1.82) is 0 Å². The van der Waals surface area contributed by atoms with Crippen molar-refractivity contribution in [3.8, 4) is 34.5 Å². The number of rotatable bonds is 3. The first-order valence-electron chi connectivity index (χ1n) is 10.7. The van der Waals surface area contributed by atoms with Crippen molar-refractivity contribution in [2.24, 2.45) is 0 Å². The van der Waals surface area contributed by atoms with Crippen LogP contribution in [0.25, 0.3) is 0 Å². The van der Waals surface area contributed by atoms with Gasteiger partial charge in [-0.3, -0.25) is 4.79 Å². The van der Waals surface area contributed by atoms with Crippen LogP contribution in [0.4, 0.5) is 0 Å². The van der Waals surface area contributed by atoms with Crippen molar-refractivity contribution in [2.75, 3.05) is 27.9 Å². The summed E-state index contributed by atoms with van der Waals surface area (Å²) in [7, 11) is 4.31. The van der Waals surface area contributed by atoms with Crippen LogP contribution in [-0.4, -0.2) is 66.8 Å². The molecule has 4 atom stereocenters. The number of fused-ring (bicyclic) bond motifs is 6. The van der Waals surface area contributed by atoms with Crippen LogP contribution >= 0.6 is 0 Å². The predicted molar refractivity (Wildman–Crippen MR) is 116 cm³/mol. The number of aromatic hydroxyl groups is 1. The van der Waals surface area contributed by atoms with E-state index in [4.69, 9.17) is 28.4 Å². The van der Waals surface area contributed by atoms with Crippen molar-refractivity contribution >= 4 is 5.78 Å². The normalized spacial score (nSPS) is 28.2. The molecule has 0 bridgehead atoms. The Bertz CT molecular complexity index is 1190. The van der Waals surface area contributed by atoms with E-state index < -0.39 is 41.0 Å². The van der Waals surface area contributed by atoms with E-state index in [0.717, 1.165) is 0 Å². The molecule has 2 aromatic rings. The van der Waals surface area contributed by atoms with Crippen LogP contribution in [0.5, 0.6) is 34.5 Å². The highest BCUT2D eigenvalue weighted by Gasteiger charge is 2.59. The number of hydrogen-bond donors (Lipinski definition) is 3. The molecule has 2 unspecified atom stereocenters. The number of ether oxygens (including phenoxy) is 6. The minimum Gasteiger partial charge on any atom is -0.507 e. The number of carbonyl (C=O) groups is 1. The lowest BCUT2D eigenvalue weighted by Gasteiger charge is -2.46. The molecule has 3 heterocycles. The molecule has 0 aromatic heterocycles. The lowest BCUT2D eigenvalue weighted by Crippen LogP contribution is -2.58. The van der Waals surface area contributed by atoms with Crippen molar-refractivity contribution in [2.45, 2.75) is 43.4 Å². The first-order chi connectivity index (χ1) is 16.1. The minimum absolute atomic E-state index is 0.0244. The Morgan fingerprint density at radius 3 is 2.38 bits per heavy atom. The minimum atomic E-state index is -2.18. The summed E-state index contributed by atoms with van der Waals surface area (Å²) in [6, 6.07) is 4.24. The highest BCUT2D eigenvalue weighted by atomic mass is 16.6. The van der Waals surface area contributed by atoms with Crippen LogP contribution in [0.3, 0.4) is 0 Å². The van der Waals surface area contributed by atoms with E-state index in [1.54, 1.807) is 13.8 Å². The van der Waals surface area contributed by atoms with Gasteiger partial charge in [0.05, 0.1) is 19.8 Å². The quantitative estimate of drug-likeness (QED) is 0.605. The van der Waals surface area contributed by atoms with Gasteiger partial charge in [-0.25, -0.2) is 0 Å². The summed E-state index contributed by atoms with van der Waals surface area (Å²) in [6.45, 7) is 3.20. The number of Topliss-reactive ketones (excluding diaryl/α,β-unsaturated/α-hetero) is 1. The maximum Gasteiger partial charge on any atom is 0.210 e. The lowest BCUT2D eigenvalue weighted by molar-refractivity contribution is -0.127. The Morgan fingerprint density at radius 2 is 1.74 bits per heavy atom. The zero-order valence-electron chi connectivity index (χ0n) is 19.4. The third kappa shape index (κ3) is 2.82. The maximum absolute atomic E-state index is 13.8. The summed E-state index contributed by atoms with van der Waals surface area (Å²) in [6.07, 6.45) is -3.17. The zero-order chi connectivity index (χ0) is 24.6. The van der Waals surface area contributed by atoms with E-state index in [1.165, 1.54) is 39.5 Å². The number of carbonyl (C=O) groups excluding carboxylic acids is 1. The maximum atomic E-state index is 13.8. The second kappa shape index (κ2) is 7.39. The van der Waals surface area contributed by atoms with E-state index in [0.29, 0.717) is 5.75 Å². The number of methoxy groups -OCH3 is 3. The van der Waals surface area contributed by atoms with Gasteiger partial charge in [-0.15, -0.1) is 0 Å². The van der Waals surface area contributed by atoms with Crippen molar-refractivity contribution in [3.05, 3.63) is 34.9 Å². The van der Waals surface area contributed by atoms with Crippen molar-refractivity contribution < 1.29 is 48.5 Å². The van der Waals surface area contributed by atoms with Crippen LogP contribution in [0.1, 0.15) is 41.4 Å². The topological polar surface area (TPSA) is 133 Å². The summed E-state index contributed by atoms with van der Waals surface area (Å²) in [5, 5.41) is 33.4. The van der Waals surface area contributed by atoms with Gasteiger partial charge < -0.3 is 43.7 Å². The average Bonchev–Trinajstić information content (AvgIpc) is 2.80. The van der Waals surface area contributed by atoms with Crippen LogP contribution in [0, 0.1) is 0 Å². The van der Waals surface area contributed by atoms with Gasteiger partial charge in [0, 0.05) is 24.8 Å². The third-order valence-corrected chi connectivity index (χ3v) is 6.76. The molecule has 34 heavy (non-hydrogen) atoms. The van der Waals surface area contributed by atoms with Gasteiger partial charge >= 0.3 is 0 Å². The van der Waals surface area contributed by atoms with Crippen LogP contribution in [-0.2, 0) is 10.3 Å². The van der Waals surface area contributed by atoms with E-state index in [1.807, 2.05) is 0 Å². The Kier molecular flexibility index (Phi) is 4.91. The van der Waals surface area contributed by atoms with Gasteiger partial charge in [-0.1, -0.05) is 0 Å². The summed E-state index contributed by atoms with van der Waals surface area (Å²) in [5.74, 6) is -0.161. The second-order valence-electron chi connectivity index (χ2n) is 9.03. The molecule has 10 heteroatoms. The molecule has 5 rings (SSSR count). The molecule has 182 valence electrons. The van der Waals surface area contributed by atoms with Gasteiger partial charge in [0.25, 0.3) is 0 Å². The highest BCUT2D eigenvalue weighted by Crippen LogP contribution is 2.56. The Hall–Kier alpha value is -3.21. The molecule has 3 aliphatic heterocycles. The van der Waals surface area contributed by atoms with Crippen molar-refractivity contribution in [1.82, 2.24) is 0 Å². The summed E-state index contributed by atoms with van der Waals surface area (Å²) < 4.78 is 34.0. The number of phenols is 1. The summed E-state index contributed by atoms with van der Waals surface area (Å²) >= 11 is 0. The largest absolute Gasteiger partial charge is 0.507 e. The van der Waals surface area contributed by atoms with Gasteiger partial charge in [-0.2, -0.15) is 0 Å². The standard InChI is InChI=1S/C24H26O10/c1-23(2)22(27)20(31-5)18-15(34-23)7-11(25)17-19(18)33-16-9-32-12-8-14(30-4)13(29-3)6-10(12)24(16,28)21(17)26/h6-8,16,20,22,25,27-28H,9H2,1-5H3/t16-,20?,22?,24-/m1/s1. The monoisotopic (exact) mass is 474 g/mol. The van der Waals surface area contributed by atoms with Crippen LogP contribution in [0.15, 0.2) is 18.2 Å². The number of aliphatic hydroxyl groups excluding tert-OH is 1. The van der Waals surface area contributed by atoms with E-state index in [2.05, 4.69) is 0 Å². The van der Waals surface area contributed by atoms with Gasteiger partial charge in [0.2, 0.25) is 5.78 Å². The number of phenolic OH excluding ortho intramolecular Hbond substituents is 1. The fraction of sp³-hybridized carbons (Fsp3) is 0.458. The Balaban J connectivity index is 1.72. The van der Waals surface area contributed by atoms with E-state index >= 15 is 0 Å². The first kappa shape index (κ1) is 22.6. The Morgan fingerprint density at radius 1 is 1.06 bits per heavy atom. The average molecular weight is 474 g/mol. The molecule has 0 fully saturated rings. The molecular weight excluding hydrogens is 448 g/mol. The Labute approximate surface area is 195 Å². The molecule has 3 aliphatic rings.